The first kappa shape index (κ1) is 18.8. The molecule has 0 spiro atoms. The van der Waals surface area contributed by atoms with Crippen LogP contribution in [-0.4, -0.2) is 41.5 Å². The molecule has 27 heavy (non-hydrogen) atoms. The maximum Gasteiger partial charge on any atom is 0.268 e. The second kappa shape index (κ2) is 7.73. The fourth-order valence-corrected chi connectivity index (χ4v) is 2.78. The lowest BCUT2D eigenvalue weighted by Crippen LogP contribution is -2.51. The Hall–Kier alpha value is -2.96. The lowest BCUT2D eigenvalue weighted by atomic mass is 10.1. The van der Waals surface area contributed by atoms with Gasteiger partial charge in [-0.2, -0.15) is 0 Å². The molecule has 0 bridgehead atoms. The number of fused-ring (bicyclic) bond motifs is 1. The minimum atomic E-state index is -0.822. The molecule has 0 fully saturated rings. The Morgan fingerprint density at radius 1 is 1.15 bits per heavy atom. The van der Waals surface area contributed by atoms with Gasteiger partial charge in [-0.05, 0) is 45.0 Å². The molecule has 2 aromatic rings. The SMILES string of the molecule is CC(C)(C)NC(=O)CN(Cc1ccco1)C(=O)C1COc2ccccc2O1. The standard InChI is InChI=1S/C20H24N2O5/c1-20(2,3)21-18(23)12-22(11-14-7-6-10-25-14)19(24)17-13-26-15-8-4-5-9-16(15)27-17/h4-10,17H,11-13H2,1-3H3,(H,21,23). The van der Waals surface area contributed by atoms with Crippen LogP contribution < -0.4 is 14.8 Å². The molecule has 144 valence electrons. The summed E-state index contributed by atoms with van der Waals surface area (Å²) in [5.41, 5.74) is -0.389. The molecule has 1 N–H and O–H groups in total. The maximum atomic E-state index is 13.0. The van der Waals surface area contributed by atoms with Crippen LogP contribution in [0.2, 0.25) is 0 Å². The summed E-state index contributed by atoms with van der Waals surface area (Å²) in [6, 6.07) is 10.7. The van der Waals surface area contributed by atoms with Crippen molar-refractivity contribution in [2.24, 2.45) is 0 Å². The summed E-state index contributed by atoms with van der Waals surface area (Å²) in [5, 5.41) is 2.87. The third kappa shape index (κ3) is 5.03. The van der Waals surface area contributed by atoms with Crippen molar-refractivity contribution >= 4 is 11.8 Å². The molecule has 0 radical (unpaired) electrons. The van der Waals surface area contributed by atoms with E-state index in [1.807, 2.05) is 32.9 Å². The number of para-hydroxylation sites is 2. The highest BCUT2D eigenvalue weighted by molar-refractivity contribution is 5.87. The van der Waals surface area contributed by atoms with Crippen molar-refractivity contribution in [3.05, 3.63) is 48.4 Å². The van der Waals surface area contributed by atoms with Crippen molar-refractivity contribution in [3.8, 4) is 11.5 Å². The first-order valence-corrected chi connectivity index (χ1v) is 8.82. The molecule has 1 aliphatic rings. The Balaban J connectivity index is 1.73. The zero-order valence-corrected chi connectivity index (χ0v) is 15.7. The Morgan fingerprint density at radius 3 is 2.56 bits per heavy atom. The van der Waals surface area contributed by atoms with Gasteiger partial charge in [0.05, 0.1) is 12.8 Å². The second-order valence-electron chi connectivity index (χ2n) is 7.44. The minimum Gasteiger partial charge on any atom is -0.485 e. The summed E-state index contributed by atoms with van der Waals surface area (Å²) in [6.45, 7) is 5.82. The van der Waals surface area contributed by atoms with Crippen molar-refractivity contribution in [1.29, 1.82) is 0 Å². The van der Waals surface area contributed by atoms with Crippen molar-refractivity contribution in [1.82, 2.24) is 10.2 Å². The largest absolute Gasteiger partial charge is 0.485 e. The van der Waals surface area contributed by atoms with E-state index in [1.54, 1.807) is 24.3 Å². The number of rotatable bonds is 5. The molecule has 0 saturated heterocycles. The van der Waals surface area contributed by atoms with Gasteiger partial charge in [0.2, 0.25) is 12.0 Å². The van der Waals surface area contributed by atoms with E-state index < -0.39 is 6.10 Å². The predicted molar refractivity (Wildman–Crippen MR) is 98.4 cm³/mol. The lowest BCUT2D eigenvalue weighted by Gasteiger charge is -2.31. The van der Waals surface area contributed by atoms with E-state index in [0.29, 0.717) is 17.3 Å². The topological polar surface area (TPSA) is 81.0 Å². The quantitative estimate of drug-likeness (QED) is 0.871. The van der Waals surface area contributed by atoms with Crippen LogP contribution in [0.25, 0.3) is 0 Å². The summed E-state index contributed by atoms with van der Waals surface area (Å²) in [5.74, 6) is 1.12. The average Bonchev–Trinajstić information content (AvgIpc) is 3.11. The van der Waals surface area contributed by atoms with E-state index >= 15 is 0 Å². The number of benzene rings is 1. The van der Waals surface area contributed by atoms with E-state index in [9.17, 15) is 9.59 Å². The van der Waals surface area contributed by atoms with Crippen LogP contribution >= 0.6 is 0 Å². The zero-order valence-electron chi connectivity index (χ0n) is 15.7. The van der Waals surface area contributed by atoms with Gasteiger partial charge in [0.15, 0.2) is 11.5 Å². The smallest absolute Gasteiger partial charge is 0.268 e. The zero-order chi connectivity index (χ0) is 19.4. The molecule has 0 aliphatic carbocycles. The van der Waals surface area contributed by atoms with Gasteiger partial charge in [-0.15, -0.1) is 0 Å². The van der Waals surface area contributed by atoms with Gasteiger partial charge in [-0.1, -0.05) is 12.1 Å². The molecule has 7 heteroatoms. The Labute approximate surface area is 158 Å². The number of amides is 2. The Kier molecular flexibility index (Phi) is 5.39. The number of nitrogens with zero attached hydrogens (tertiary/aromatic N) is 1. The van der Waals surface area contributed by atoms with Crippen LogP contribution in [0.1, 0.15) is 26.5 Å². The van der Waals surface area contributed by atoms with Crippen molar-refractivity contribution < 1.29 is 23.5 Å². The van der Waals surface area contributed by atoms with E-state index in [1.165, 1.54) is 11.2 Å². The molecule has 2 amide bonds. The average molecular weight is 372 g/mol. The van der Waals surface area contributed by atoms with Crippen LogP contribution in [0.5, 0.6) is 11.5 Å². The fraction of sp³-hybridized carbons (Fsp3) is 0.400. The molecule has 0 saturated carbocycles. The molecule has 2 heterocycles. The molecule has 1 unspecified atom stereocenters. The number of hydrogen-bond donors (Lipinski definition) is 1. The third-order valence-corrected chi connectivity index (χ3v) is 3.87. The van der Waals surface area contributed by atoms with Gasteiger partial charge in [0.1, 0.15) is 18.9 Å². The van der Waals surface area contributed by atoms with Crippen LogP contribution in [0.3, 0.4) is 0 Å². The summed E-state index contributed by atoms with van der Waals surface area (Å²) in [7, 11) is 0. The Morgan fingerprint density at radius 2 is 1.89 bits per heavy atom. The number of carbonyl (C=O) groups excluding carboxylic acids is 2. The van der Waals surface area contributed by atoms with Gasteiger partial charge in [0.25, 0.3) is 5.91 Å². The van der Waals surface area contributed by atoms with Crippen molar-refractivity contribution in [2.75, 3.05) is 13.2 Å². The van der Waals surface area contributed by atoms with Gasteiger partial charge in [0, 0.05) is 5.54 Å². The number of nitrogens with one attached hydrogen (secondary N) is 1. The normalized spacial score (nSPS) is 15.9. The molecule has 7 nitrogen and oxygen atoms in total. The highest BCUT2D eigenvalue weighted by Crippen LogP contribution is 2.31. The summed E-state index contributed by atoms with van der Waals surface area (Å²) in [4.78, 5) is 26.8. The van der Waals surface area contributed by atoms with Crippen LogP contribution in [0.4, 0.5) is 0 Å². The van der Waals surface area contributed by atoms with Crippen molar-refractivity contribution in [2.45, 2.75) is 39.0 Å². The first-order valence-electron chi connectivity index (χ1n) is 8.82. The molecule has 3 rings (SSSR count). The maximum absolute atomic E-state index is 13.0. The fourth-order valence-electron chi connectivity index (χ4n) is 2.78. The van der Waals surface area contributed by atoms with E-state index in [0.717, 1.165) is 0 Å². The molecule has 1 aromatic carbocycles. The Bertz CT molecular complexity index is 795. The molecule has 1 aromatic heterocycles. The minimum absolute atomic E-state index is 0.0887. The monoisotopic (exact) mass is 372 g/mol. The summed E-state index contributed by atoms with van der Waals surface area (Å²) < 4.78 is 16.8. The molecular weight excluding hydrogens is 348 g/mol. The molecule has 1 aliphatic heterocycles. The second-order valence-corrected chi connectivity index (χ2v) is 7.44. The number of furan rings is 1. The van der Waals surface area contributed by atoms with E-state index in [4.69, 9.17) is 13.9 Å². The van der Waals surface area contributed by atoms with Gasteiger partial charge in [-0.3, -0.25) is 9.59 Å². The number of carbonyl (C=O) groups is 2. The highest BCUT2D eigenvalue weighted by Gasteiger charge is 2.32. The van der Waals surface area contributed by atoms with E-state index in [2.05, 4.69) is 5.32 Å². The third-order valence-electron chi connectivity index (χ3n) is 3.87. The van der Waals surface area contributed by atoms with Gasteiger partial charge < -0.3 is 24.1 Å². The van der Waals surface area contributed by atoms with Crippen molar-refractivity contribution in [3.63, 3.8) is 0 Å². The number of hydrogen-bond acceptors (Lipinski definition) is 5. The van der Waals surface area contributed by atoms with Crippen LogP contribution in [-0.2, 0) is 16.1 Å². The lowest BCUT2D eigenvalue weighted by molar-refractivity contribution is -0.145. The first-order chi connectivity index (χ1) is 12.8. The van der Waals surface area contributed by atoms with Crippen LogP contribution in [0, 0.1) is 0 Å². The molecule has 1 atom stereocenters. The summed E-state index contributed by atoms with van der Waals surface area (Å²) >= 11 is 0. The number of ether oxygens (including phenoxy) is 2. The molecular formula is C20H24N2O5. The van der Waals surface area contributed by atoms with Gasteiger partial charge in [-0.25, -0.2) is 0 Å². The van der Waals surface area contributed by atoms with Gasteiger partial charge >= 0.3 is 0 Å². The van der Waals surface area contributed by atoms with Crippen LogP contribution in [0.15, 0.2) is 47.1 Å². The summed E-state index contributed by atoms with van der Waals surface area (Å²) in [6.07, 6.45) is 0.709. The highest BCUT2D eigenvalue weighted by atomic mass is 16.6. The van der Waals surface area contributed by atoms with E-state index in [-0.39, 0.29) is 37.0 Å². The predicted octanol–water partition coefficient (Wildman–Crippen LogP) is 2.36.